The Morgan fingerprint density at radius 1 is 0.967 bits per heavy atom. The number of aryl methyl sites for hydroxylation is 2. The zero-order valence-corrected chi connectivity index (χ0v) is 17.2. The highest BCUT2D eigenvalue weighted by Gasteiger charge is 2.21. The first-order valence-electron chi connectivity index (χ1n) is 9.83. The van der Waals surface area contributed by atoms with Crippen molar-refractivity contribution >= 4 is 5.91 Å². The van der Waals surface area contributed by atoms with Crippen LogP contribution in [-0.2, 0) is 0 Å². The summed E-state index contributed by atoms with van der Waals surface area (Å²) in [7, 11) is 0. The van der Waals surface area contributed by atoms with E-state index in [-0.39, 0.29) is 11.9 Å². The van der Waals surface area contributed by atoms with Gasteiger partial charge in [-0.05, 0) is 32.9 Å². The molecule has 0 saturated heterocycles. The van der Waals surface area contributed by atoms with Gasteiger partial charge in [0.1, 0.15) is 5.69 Å². The molecule has 4 aromatic rings. The predicted octanol–water partition coefficient (Wildman–Crippen LogP) is 4.44. The van der Waals surface area contributed by atoms with E-state index in [0.29, 0.717) is 17.0 Å². The fraction of sp³-hybridized carbons (Fsp3) is 0.167. The number of amides is 1. The van der Waals surface area contributed by atoms with Crippen LogP contribution in [0.4, 0.5) is 0 Å². The Morgan fingerprint density at radius 3 is 2.37 bits per heavy atom. The Labute approximate surface area is 175 Å². The fourth-order valence-corrected chi connectivity index (χ4v) is 3.15. The third-order valence-electron chi connectivity index (χ3n) is 4.90. The molecule has 0 radical (unpaired) electrons. The Balaban J connectivity index is 1.69. The van der Waals surface area contributed by atoms with Crippen LogP contribution >= 0.6 is 0 Å². The molecule has 0 fully saturated rings. The van der Waals surface area contributed by atoms with Gasteiger partial charge in [0.2, 0.25) is 0 Å². The molecule has 1 atom stereocenters. The zero-order chi connectivity index (χ0) is 21.1. The van der Waals surface area contributed by atoms with Gasteiger partial charge in [0.25, 0.3) is 5.91 Å². The van der Waals surface area contributed by atoms with E-state index in [1.165, 1.54) is 5.56 Å². The van der Waals surface area contributed by atoms with Crippen molar-refractivity contribution in [3.63, 3.8) is 0 Å². The second-order valence-corrected chi connectivity index (χ2v) is 7.32. The molecule has 4 rings (SSSR count). The first-order valence-corrected chi connectivity index (χ1v) is 9.83. The van der Waals surface area contributed by atoms with E-state index >= 15 is 0 Å². The van der Waals surface area contributed by atoms with Gasteiger partial charge in [0.05, 0.1) is 34.9 Å². The van der Waals surface area contributed by atoms with Crippen LogP contribution in [0.1, 0.15) is 40.3 Å². The normalized spacial score (nSPS) is 11.8. The second kappa shape index (κ2) is 8.29. The van der Waals surface area contributed by atoms with Gasteiger partial charge >= 0.3 is 0 Å². The summed E-state index contributed by atoms with van der Waals surface area (Å²) in [6.45, 7) is 5.81. The van der Waals surface area contributed by atoms with Crippen LogP contribution < -0.4 is 5.32 Å². The van der Waals surface area contributed by atoms with E-state index in [1.807, 2.05) is 75.4 Å². The molecule has 150 valence electrons. The standard InChI is InChI=1S/C24H23N5O/c1-16-9-11-20(12-10-16)29-15-21(23(28-29)19-7-5-4-6-8-19)24(30)27-18(3)22-14-25-17(2)13-26-22/h4-15,18H,1-3H3,(H,27,30)/t18-/m1/s1. The van der Waals surface area contributed by atoms with Crippen LogP contribution in [-0.4, -0.2) is 25.7 Å². The zero-order valence-electron chi connectivity index (χ0n) is 17.2. The lowest BCUT2D eigenvalue weighted by atomic mass is 10.1. The highest BCUT2D eigenvalue weighted by molar-refractivity contribution is 6.00. The van der Waals surface area contributed by atoms with Crippen LogP contribution in [0, 0.1) is 13.8 Å². The number of hydrogen-bond acceptors (Lipinski definition) is 4. The summed E-state index contributed by atoms with van der Waals surface area (Å²) >= 11 is 0. The van der Waals surface area contributed by atoms with Crippen molar-refractivity contribution in [2.75, 3.05) is 0 Å². The maximum Gasteiger partial charge on any atom is 0.255 e. The lowest BCUT2D eigenvalue weighted by molar-refractivity contribution is 0.0939. The van der Waals surface area contributed by atoms with Gasteiger partial charge in [-0.25, -0.2) is 4.68 Å². The Hall–Kier alpha value is -3.80. The Morgan fingerprint density at radius 2 is 1.70 bits per heavy atom. The molecule has 2 aromatic carbocycles. The maximum atomic E-state index is 13.2. The molecule has 6 nitrogen and oxygen atoms in total. The number of carbonyl (C=O) groups is 1. The molecule has 6 heteroatoms. The summed E-state index contributed by atoms with van der Waals surface area (Å²) in [6.07, 6.45) is 5.16. The van der Waals surface area contributed by atoms with Crippen LogP contribution in [0.2, 0.25) is 0 Å². The number of rotatable bonds is 5. The fourth-order valence-electron chi connectivity index (χ4n) is 3.15. The third kappa shape index (κ3) is 4.12. The summed E-state index contributed by atoms with van der Waals surface area (Å²) in [5, 5.41) is 7.74. The minimum Gasteiger partial charge on any atom is -0.344 e. The van der Waals surface area contributed by atoms with Gasteiger partial charge in [0, 0.05) is 18.0 Å². The molecule has 1 amide bonds. The lowest BCUT2D eigenvalue weighted by Gasteiger charge is -2.13. The van der Waals surface area contributed by atoms with Crippen molar-refractivity contribution in [2.45, 2.75) is 26.8 Å². The van der Waals surface area contributed by atoms with Crippen molar-refractivity contribution < 1.29 is 4.79 Å². The monoisotopic (exact) mass is 397 g/mol. The molecule has 1 N–H and O–H groups in total. The summed E-state index contributed by atoms with van der Waals surface area (Å²) in [5.41, 5.74) is 5.64. The van der Waals surface area contributed by atoms with E-state index in [0.717, 1.165) is 16.9 Å². The van der Waals surface area contributed by atoms with E-state index in [4.69, 9.17) is 5.10 Å². The molecule has 0 saturated carbocycles. The Kier molecular flexibility index (Phi) is 5.39. The number of nitrogens with zero attached hydrogens (tertiary/aromatic N) is 4. The van der Waals surface area contributed by atoms with Crippen LogP contribution in [0.25, 0.3) is 16.9 Å². The topological polar surface area (TPSA) is 72.7 Å². The molecule has 0 aliphatic rings. The van der Waals surface area contributed by atoms with Crippen LogP contribution in [0.15, 0.2) is 73.2 Å². The van der Waals surface area contributed by atoms with Crippen molar-refractivity contribution in [3.05, 3.63) is 95.7 Å². The molecule has 0 aliphatic heterocycles. The van der Waals surface area contributed by atoms with Crippen LogP contribution in [0.5, 0.6) is 0 Å². The van der Waals surface area contributed by atoms with Crippen molar-refractivity contribution in [1.29, 1.82) is 0 Å². The minimum absolute atomic E-state index is 0.206. The van der Waals surface area contributed by atoms with Crippen molar-refractivity contribution in [2.24, 2.45) is 0 Å². The summed E-state index contributed by atoms with van der Waals surface area (Å²) in [4.78, 5) is 21.8. The van der Waals surface area contributed by atoms with E-state index in [9.17, 15) is 4.79 Å². The summed E-state index contributed by atoms with van der Waals surface area (Å²) < 4.78 is 1.74. The number of nitrogens with one attached hydrogen (secondary N) is 1. The highest BCUT2D eigenvalue weighted by Crippen LogP contribution is 2.24. The predicted molar refractivity (Wildman–Crippen MR) is 116 cm³/mol. The van der Waals surface area contributed by atoms with Gasteiger partial charge in [-0.3, -0.25) is 14.8 Å². The molecule has 2 heterocycles. The van der Waals surface area contributed by atoms with E-state index in [1.54, 1.807) is 23.3 Å². The molecule has 0 spiro atoms. The van der Waals surface area contributed by atoms with E-state index in [2.05, 4.69) is 15.3 Å². The Bertz CT molecular complexity index is 1150. The van der Waals surface area contributed by atoms with Gasteiger partial charge in [-0.2, -0.15) is 5.10 Å². The number of benzene rings is 2. The lowest BCUT2D eigenvalue weighted by Crippen LogP contribution is -2.27. The average molecular weight is 397 g/mol. The van der Waals surface area contributed by atoms with Gasteiger partial charge < -0.3 is 5.32 Å². The maximum absolute atomic E-state index is 13.2. The quantitative estimate of drug-likeness (QED) is 0.540. The van der Waals surface area contributed by atoms with Gasteiger partial charge in [-0.1, -0.05) is 48.0 Å². The largest absolute Gasteiger partial charge is 0.344 e. The molecule has 0 bridgehead atoms. The molecule has 0 aliphatic carbocycles. The van der Waals surface area contributed by atoms with Crippen molar-refractivity contribution in [3.8, 4) is 16.9 Å². The molecule has 2 aromatic heterocycles. The number of hydrogen-bond donors (Lipinski definition) is 1. The molecular formula is C24H23N5O. The summed E-state index contributed by atoms with van der Waals surface area (Å²) in [5.74, 6) is -0.206. The number of aromatic nitrogens is 4. The first-order chi connectivity index (χ1) is 14.5. The minimum atomic E-state index is -0.281. The molecular weight excluding hydrogens is 374 g/mol. The van der Waals surface area contributed by atoms with Gasteiger partial charge in [0.15, 0.2) is 0 Å². The number of carbonyl (C=O) groups excluding carboxylic acids is 1. The average Bonchev–Trinajstić information content (AvgIpc) is 3.21. The highest BCUT2D eigenvalue weighted by atomic mass is 16.1. The smallest absolute Gasteiger partial charge is 0.255 e. The van der Waals surface area contributed by atoms with Crippen LogP contribution in [0.3, 0.4) is 0 Å². The third-order valence-corrected chi connectivity index (χ3v) is 4.90. The second-order valence-electron chi connectivity index (χ2n) is 7.32. The first kappa shape index (κ1) is 19.5. The molecule has 30 heavy (non-hydrogen) atoms. The van der Waals surface area contributed by atoms with Crippen molar-refractivity contribution in [1.82, 2.24) is 25.1 Å². The summed E-state index contributed by atoms with van der Waals surface area (Å²) in [6, 6.07) is 17.5. The SMILES string of the molecule is Cc1ccc(-n2cc(C(=O)N[C@H](C)c3cnc(C)cn3)c(-c3ccccc3)n2)cc1. The van der Waals surface area contributed by atoms with Gasteiger partial charge in [-0.15, -0.1) is 0 Å². The van der Waals surface area contributed by atoms with E-state index < -0.39 is 0 Å². The molecule has 0 unspecified atom stereocenters.